The van der Waals surface area contributed by atoms with Gasteiger partial charge in [-0.15, -0.1) is 5.10 Å². The Morgan fingerprint density at radius 3 is 3.06 bits per heavy atom. The molecule has 0 fully saturated rings. The van der Waals surface area contributed by atoms with E-state index in [0.29, 0.717) is 0 Å². The third kappa shape index (κ3) is 2.79. The van der Waals surface area contributed by atoms with Crippen molar-refractivity contribution < 1.29 is 0 Å². The molecule has 5 nitrogen and oxygen atoms in total. The summed E-state index contributed by atoms with van der Waals surface area (Å²) in [5.41, 5.74) is 1.17. The minimum Gasteiger partial charge on any atom is -0.368 e. The summed E-state index contributed by atoms with van der Waals surface area (Å²) in [6.07, 6.45) is 5.30. The van der Waals surface area contributed by atoms with Gasteiger partial charge in [-0.1, -0.05) is 5.21 Å². The number of hydrogen-bond acceptors (Lipinski definition) is 4. The number of aromatic nitrogens is 4. The lowest BCUT2D eigenvalue weighted by molar-refractivity contribution is 0.608. The van der Waals surface area contributed by atoms with Crippen molar-refractivity contribution in [3.8, 4) is 0 Å². The summed E-state index contributed by atoms with van der Waals surface area (Å²) in [5.74, 6) is 0.876. The molecule has 6 heteroatoms. The molecule has 0 aliphatic rings. The Labute approximate surface area is 102 Å². The van der Waals surface area contributed by atoms with E-state index in [1.165, 1.54) is 5.56 Å². The van der Waals surface area contributed by atoms with Gasteiger partial charge in [0, 0.05) is 23.4 Å². The molecule has 2 rings (SSSR count). The van der Waals surface area contributed by atoms with Crippen molar-refractivity contribution >= 4 is 21.7 Å². The lowest BCUT2D eigenvalue weighted by Gasteiger charge is -2.06. The Kier molecular flexibility index (Phi) is 3.51. The standard InChI is InChI=1S/C10H12BrN5/c1-8-6-10(13-7-9(8)11)12-2-4-16-5-3-14-15-16/h3,5-7H,2,4H2,1H3,(H,12,13). The number of nitrogens with one attached hydrogen (secondary N) is 1. The van der Waals surface area contributed by atoms with Crippen LogP contribution in [0.5, 0.6) is 0 Å². The molecule has 0 aliphatic heterocycles. The van der Waals surface area contributed by atoms with Crippen LogP contribution in [0.4, 0.5) is 5.82 Å². The van der Waals surface area contributed by atoms with Gasteiger partial charge in [0.1, 0.15) is 5.82 Å². The van der Waals surface area contributed by atoms with Gasteiger partial charge in [0.25, 0.3) is 0 Å². The molecular formula is C10H12BrN5. The molecule has 0 aromatic carbocycles. The van der Waals surface area contributed by atoms with Crippen LogP contribution in [0.3, 0.4) is 0 Å². The van der Waals surface area contributed by atoms with Crippen LogP contribution in [0.1, 0.15) is 5.56 Å². The van der Waals surface area contributed by atoms with E-state index in [1.807, 2.05) is 19.2 Å². The number of nitrogens with zero attached hydrogens (tertiary/aromatic N) is 4. The predicted octanol–water partition coefficient (Wildman–Crippen LogP) is 1.86. The Bertz CT molecular complexity index is 454. The maximum atomic E-state index is 4.25. The van der Waals surface area contributed by atoms with Crippen LogP contribution in [0.2, 0.25) is 0 Å². The van der Waals surface area contributed by atoms with Crippen LogP contribution < -0.4 is 5.32 Å². The van der Waals surface area contributed by atoms with Crippen molar-refractivity contribution in [3.05, 3.63) is 34.7 Å². The molecule has 0 unspecified atom stereocenters. The lowest BCUT2D eigenvalue weighted by atomic mass is 10.3. The molecule has 0 amide bonds. The van der Waals surface area contributed by atoms with Gasteiger partial charge in [-0.05, 0) is 34.5 Å². The second kappa shape index (κ2) is 5.07. The van der Waals surface area contributed by atoms with Crippen molar-refractivity contribution in [1.29, 1.82) is 0 Å². The monoisotopic (exact) mass is 281 g/mol. The normalized spacial score (nSPS) is 10.4. The average Bonchev–Trinajstić information content (AvgIpc) is 2.76. The molecule has 16 heavy (non-hydrogen) atoms. The Morgan fingerprint density at radius 1 is 1.50 bits per heavy atom. The van der Waals surface area contributed by atoms with Gasteiger partial charge in [0.05, 0.1) is 12.7 Å². The van der Waals surface area contributed by atoms with E-state index in [-0.39, 0.29) is 0 Å². The first-order valence-corrected chi connectivity index (χ1v) is 5.75. The summed E-state index contributed by atoms with van der Waals surface area (Å²) < 4.78 is 2.80. The van der Waals surface area contributed by atoms with Crippen molar-refractivity contribution in [3.63, 3.8) is 0 Å². The van der Waals surface area contributed by atoms with Gasteiger partial charge in [0.15, 0.2) is 0 Å². The van der Waals surface area contributed by atoms with Crippen LogP contribution in [0, 0.1) is 6.92 Å². The Hall–Kier alpha value is -1.43. The quantitative estimate of drug-likeness (QED) is 0.930. The van der Waals surface area contributed by atoms with Crippen LogP contribution in [-0.4, -0.2) is 26.5 Å². The third-order valence-electron chi connectivity index (χ3n) is 2.17. The number of pyridine rings is 1. The molecular weight excluding hydrogens is 270 g/mol. The van der Waals surface area contributed by atoms with E-state index >= 15 is 0 Å². The number of rotatable bonds is 4. The summed E-state index contributed by atoms with van der Waals surface area (Å²) in [6.45, 7) is 3.59. The maximum absolute atomic E-state index is 4.25. The fourth-order valence-electron chi connectivity index (χ4n) is 1.29. The zero-order chi connectivity index (χ0) is 11.4. The summed E-state index contributed by atoms with van der Waals surface area (Å²) in [6, 6.07) is 2.01. The molecule has 0 aliphatic carbocycles. The number of anilines is 1. The van der Waals surface area contributed by atoms with Crippen molar-refractivity contribution in [1.82, 2.24) is 20.0 Å². The first-order chi connectivity index (χ1) is 7.75. The van der Waals surface area contributed by atoms with Crippen molar-refractivity contribution in [2.45, 2.75) is 13.5 Å². The minimum atomic E-state index is 0.775. The Morgan fingerprint density at radius 2 is 2.38 bits per heavy atom. The fraction of sp³-hybridized carbons (Fsp3) is 0.300. The van der Waals surface area contributed by atoms with Gasteiger partial charge in [-0.25, -0.2) is 4.98 Å². The van der Waals surface area contributed by atoms with Gasteiger partial charge in [-0.3, -0.25) is 4.68 Å². The molecule has 84 valence electrons. The van der Waals surface area contributed by atoms with E-state index < -0.39 is 0 Å². The number of aryl methyl sites for hydroxylation is 1. The van der Waals surface area contributed by atoms with E-state index in [0.717, 1.165) is 23.4 Å². The lowest BCUT2D eigenvalue weighted by Crippen LogP contribution is -2.11. The minimum absolute atomic E-state index is 0.775. The summed E-state index contributed by atoms with van der Waals surface area (Å²) in [5, 5.41) is 10.8. The second-order valence-corrected chi connectivity index (χ2v) is 4.27. The van der Waals surface area contributed by atoms with Crippen LogP contribution in [-0.2, 0) is 6.54 Å². The Balaban J connectivity index is 1.87. The van der Waals surface area contributed by atoms with Crippen LogP contribution in [0.25, 0.3) is 0 Å². The highest BCUT2D eigenvalue weighted by atomic mass is 79.9. The maximum Gasteiger partial charge on any atom is 0.126 e. The summed E-state index contributed by atoms with van der Waals surface area (Å²) in [4.78, 5) is 4.25. The van der Waals surface area contributed by atoms with Crippen LogP contribution in [0.15, 0.2) is 29.1 Å². The molecule has 2 heterocycles. The number of halogens is 1. The van der Waals surface area contributed by atoms with E-state index in [1.54, 1.807) is 17.1 Å². The molecule has 2 aromatic rings. The topological polar surface area (TPSA) is 55.6 Å². The van der Waals surface area contributed by atoms with Crippen molar-refractivity contribution in [2.24, 2.45) is 0 Å². The third-order valence-corrected chi connectivity index (χ3v) is 3.00. The summed E-state index contributed by atoms with van der Waals surface area (Å²) >= 11 is 3.42. The molecule has 0 bridgehead atoms. The van der Waals surface area contributed by atoms with Gasteiger partial charge in [0.2, 0.25) is 0 Å². The molecule has 2 aromatic heterocycles. The summed E-state index contributed by atoms with van der Waals surface area (Å²) in [7, 11) is 0. The molecule has 0 radical (unpaired) electrons. The van der Waals surface area contributed by atoms with E-state index in [2.05, 4.69) is 36.5 Å². The van der Waals surface area contributed by atoms with Crippen molar-refractivity contribution in [2.75, 3.05) is 11.9 Å². The molecule has 0 atom stereocenters. The largest absolute Gasteiger partial charge is 0.368 e. The first kappa shape index (κ1) is 11.1. The highest BCUT2D eigenvalue weighted by molar-refractivity contribution is 9.10. The van der Waals surface area contributed by atoms with Gasteiger partial charge in [-0.2, -0.15) is 0 Å². The highest BCUT2D eigenvalue weighted by Gasteiger charge is 1.98. The average molecular weight is 282 g/mol. The zero-order valence-electron chi connectivity index (χ0n) is 8.89. The smallest absolute Gasteiger partial charge is 0.126 e. The fourth-order valence-corrected chi connectivity index (χ4v) is 1.50. The van der Waals surface area contributed by atoms with Crippen LogP contribution >= 0.6 is 15.9 Å². The van der Waals surface area contributed by atoms with E-state index in [4.69, 9.17) is 0 Å². The van der Waals surface area contributed by atoms with Gasteiger partial charge >= 0.3 is 0 Å². The molecule has 0 saturated heterocycles. The second-order valence-electron chi connectivity index (χ2n) is 3.41. The predicted molar refractivity (Wildman–Crippen MR) is 65.2 cm³/mol. The zero-order valence-corrected chi connectivity index (χ0v) is 10.5. The molecule has 0 spiro atoms. The molecule has 0 saturated carbocycles. The highest BCUT2D eigenvalue weighted by Crippen LogP contribution is 2.16. The molecule has 1 N–H and O–H groups in total. The van der Waals surface area contributed by atoms with Gasteiger partial charge < -0.3 is 5.32 Å². The van der Waals surface area contributed by atoms with E-state index in [9.17, 15) is 0 Å². The SMILES string of the molecule is Cc1cc(NCCn2ccnn2)ncc1Br. The number of hydrogen-bond donors (Lipinski definition) is 1. The first-order valence-electron chi connectivity index (χ1n) is 4.96.